The van der Waals surface area contributed by atoms with E-state index in [-0.39, 0.29) is 30.3 Å². The number of nitrogens with one attached hydrogen (secondary N) is 1. The van der Waals surface area contributed by atoms with Gasteiger partial charge in [-0.1, -0.05) is 18.6 Å². The monoisotopic (exact) mass is 364 g/mol. The zero-order valence-electron chi connectivity index (χ0n) is 14.9. The molecule has 3 atom stereocenters. The van der Waals surface area contributed by atoms with Crippen molar-refractivity contribution in [3.63, 3.8) is 0 Å². The van der Waals surface area contributed by atoms with Gasteiger partial charge in [0.25, 0.3) is 0 Å². The largest absolute Gasteiger partial charge is 0.496 e. The number of nitrogens with two attached hydrogens (primary N) is 1. The quantitative estimate of drug-likeness (QED) is 0.864. The number of rotatable bonds is 3. The van der Waals surface area contributed by atoms with Crippen LogP contribution in [0.1, 0.15) is 55.7 Å². The molecule has 5 heteroatoms. The molecule has 3 aliphatic carbocycles. The second-order valence-corrected chi connectivity index (χ2v) is 7.82. The maximum atomic E-state index is 12.9. The van der Waals surface area contributed by atoms with Gasteiger partial charge in [0.2, 0.25) is 5.91 Å². The minimum absolute atomic E-state index is 0. The Morgan fingerprint density at radius 2 is 1.92 bits per heavy atom. The first-order valence-corrected chi connectivity index (χ1v) is 9.39. The van der Waals surface area contributed by atoms with Gasteiger partial charge < -0.3 is 15.8 Å². The van der Waals surface area contributed by atoms with Crippen molar-refractivity contribution in [3.05, 3.63) is 29.3 Å². The van der Waals surface area contributed by atoms with Gasteiger partial charge in [-0.2, -0.15) is 0 Å². The average molecular weight is 365 g/mol. The second-order valence-electron chi connectivity index (χ2n) is 7.82. The summed E-state index contributed by atoms with van der Waals surface area (Å²) in [4.78, 5) is 12.9. The van der Waals surface area contributed by atoms with Crippen LogP contribution in [0.3, 0.4) is 0 Å². The number of methoxy groups -OCH3 is 1. The van der Waals surface area contributed by atoms with E-state index in [4.69, 9.17) is 10.5 Å². The summed E-state index contributed by atoms with van der Waals surface area (Å²) in [6.07, 6.45) is 7.58. The van der Waals surface area contributed by atoms with E-state index in [1.165, 1.54) is 30.4 Å². The van der Waals surface area contributed by atoms with Crippen LogP contribution in [0.2, 0.25) is 0 Å². The zero-order chi connectivity index (χ0) is 16.7. The van der Waals surface area contributed by atoms with Crippen molar-refractivity contribution in [1.82, 2.24) is 5.32 Å². The number of halogens is 1. The van der Waals surface area contributed by atoms with E-state index in [1.54, 1.807) is 7.11 Å². The van der Waals surface area contributed by atoms with E-state index in [0.29, 0.717) is 17.9 Å². The summed E-state index contributed by atoms with van der Waals surface area (Å²) in [6.45, 7) is 0. The number of amides is 1. The molecule has 0 aromatic heterocycles. The molecule has 3 unspecified atom stereocenters. The van der Waals surface area contributed by atoms with Crippen molar-refractivity contribution in [3.8, 4) is 5.75 Å². The predicted molar refractivity (Wildman–Crippen MR) is 101 cm³/mol. The van der Waals surface area contributed by atoms with Crippen LogP contribution < -0.4 is 15.8 Å². The first-order valence-electron chi connectivity index (χ1n) is 9.39. The molecule has 0 saturated heterocycles. The summed E-state index contributed by atoms with van der Waals surface area (Å²) in [5.74, 6) is 2.42. The topological polar surface area (TPSA) is 64.3 Å². The van der Waals surface area contributed by atoms with Gasteiger partial charge in [0.05, 0.1) is 13.2 Å². The van der Waals surface area contributed by atoms with Crippen molar-refractivity contribution in [1.29, 1.82) is 0 Å². The zero-order valence-corrected chi connectivity index (χ0v) is 15.7. The number of benzene rings is 1. The fourth-order valence-corrected chi connectivity index (χ4v) is 5.25. The standard InChI is InChI=1S/C20H28N2O2.ClH/c1-24-18-7-3-6-15-16(18)8-9-17(15)22-20(23)14-10-12-4-2-5-13(11-14)19(12)21;/h3,6-7,12-14,17,19H,2,4-5,8-11,21H2,1H3,(H,22,23);1H. The summed E-state index contributed by atoms with van der Waals surface area (Å²) >= 11 is 0. The molecule has 1 amide bonds. The molecule has 2 saturated carbocycles. The molecular weight excluding hydrogens is 336 g/mol. The summed E-state index contributed by atoms with van der Waals surface area (Å²) in [5.41, 5.74) is 8.85. The molecule has 4 rings (SSSR count). The summed E-state index contributed by atoms with van der Waals surface area (Å²) in [6, 6.07) is 6.61. The minimum atomic E-state index is 0. The normalized spacial score (nSPS) is 33.1. The van der Waals surface area contributed by atoms with E-state index in [0.717, 1.165) is 31.4 Å². The Morgan fingerprint density at radius 3 is 2.60 bits per heavy atom. The van der Waals surface area contributed by atoms with Crippen molar-refractivity contribution in [2.75, 3.05) is 7.11 Å². The van der Waals surface area contributed by atoms with E-state index in [9.17, 15) is 4.79 Å². The molecule has 138 valence electrons. The Bertz CT molecular complexity index is 622. The first-order chi connectivity index (χ1) is 11.7. The van der Waals surface area contributed by atoms with Gasteiger partial charge in [-0.3, -0.25) is 4.79 Å². The van der Waals surface area contributed by atoms with Crippen molar-refractivity contribution in [2.24, 2.45) is 23.5 Å². The molecule has 3 aliphatic rings. The third kappa shape index (κ3) is 3.39. The van der Waals surface area contributed by atoms with Gasteiger partial charge in [0.15, 0.2) is 0 Å². The van der Waals surface area contributed by atoms with E-state index in [2.05, 4.69) is 11.4 Å². The van der Waals surface area contributed by atoms with Crippen LogP contribution in [0.4, 0.5) is 0 Å². The molecule has 0 heterocycles. The molecule has 1 aromatic carbocycles. The summed E-state index contributed by atoms with van der Waals surface area (Å²) < 4.78 is 5.46. The smallest absolute Gasteiger partial charge is 0.223 e. The van der Waals surface area contributed by atoms with Crippen LogP contribution in [0.15, 0.2) is 18.2 Å². The number of hydrogen-bond donors (Lipinski definition) is 2. The van der Waals surface area contributed by atoms with Crippen LogP contribution in [-0.2, 0) is 11.2 Å². The maximum absolute atomic E-state index is 12.9. The summed E-state index contributed by atoms with van der Waals surface area (Å²) in [7, 11) is 1.71. The maximum Gasteiger partial charge on any atom is 0.223 e. The SMILES string of the molecule is COc1cccc2c1CCC2NC(=O)C1CC2CCCC(C1)C2N.Cl. The molecule has 0 aliphatic heterocycles. The highest BCUT2D eigenvalue weighted by Crippen LogP contribution is 2.43. The van der Waals surface area contributed by atoms with Crippen molar-refractivity contribution >= 4 is 18.3 Å². The lowest BCUT2D eigenvalue weighted by Crippen LogP contribution is -2.49. The third-order valence-corrected chi connectivity index (χ3v) is 6.55. The fraction of sp³-hybridized carbons (Fsp3) is 0.650. The fourth-order valence-electron chi connectivity index (χ4n) is 5.25. The number of hydrogen-bond acceptors (Lipinski definition) is 3. The van der Waals surface area contributed by atoms with Gasteiger partial charge in [0, 0.05) is 12.0 Å². The highest BCUT2D eigenvalue weighted by molar-refractivity contribution is 5.85. The molecule has 0 spiro atoms. The van der Waals surface area contributed by atoms with Crippen LogP contribution >= 0.6 is 12.4 Å². The third-order valence-electron chi connectivity index (χ3n) is 6.55. The Balaban J connectivity index is 0.00000182. The lowest BCUT2D eigenvalue weighted by molar-refractivity contribution is -0.128. The Kier molecular flexibility index (Phi) is 5.59. The lowest BCUT2D eigenvalue weighted by Gasteiger charge is -2.43. The highest BCUT2D eigenvalue weighted by Gasteiger charge is 2.41. The molecule has 3 N–H and O–H groups in total. The predicted octanol–water partition coefficient (Wildman–Crippen LogP) is 3.37. The molecule has 4 nitrogen and oxygen atoms in total. The van der Waals surface area contributed by atoms with Crippen molar-refractivity contribution < 1.29 is 9.53 Å². The number of carbonyl (C=O) groups excluding carboxylic acids is 1. The molecule has 1 aromatic rings. The number of fused-ring (bicyclic) bond motifs is 3. The Hall–Kier alpha value is -1.26. The molecule has 25 heavy (non-hydrogen) atoms. The highest BCUT2D eigenvalue weighted by atomic mass is 35.5. The van der Waals surface area contributed by atoms with Crippen LogP contribution in [0, 0.1) is 17.8 Å². The van der Waals surface area contributed by atoms with Gasteiger partial charge in [-0.25, -0.2) is 0 Å². The lowest BCUT2D eigenvalue weighted by atomic mass is 9.65. The van der Waals surface area contributed by atoms with Crippen LogP contribution in [-0.4, -0.2) is 19.1 Å². The Labute approximate surface area is 156 Å². The van der Waals surface area contributed by atoms with Gasteiger partial charge in [-0.05, 0) is 67.6 Å². The molecule has 2 fully saturated rings. The number of ether oxygens (including phenoxy) is 1. The number of carbonyl (C=O) groups is 1. The molecule has 2 bridgehead atoms. The van der Waals surface area contributed by atoms with Gasteiger partial charge in [-0.15, -0.1) is 12.4 Å². The molecular formula is C20H29ClN2O2. The van der Waals surface area contributed by atoms with Crippen LogP contribution in [0.25, 0.3) is 0 Å². The summed E-state index contributed by atoms with van der Waals surface area (Å²) in [5, 5.41) is 3.32. The van der Waals surface area contributed by atoms with E-state index < -0.39 is 0 Å². The van der Waals surface area contributed by atoms with Gasteiger partial charge in [0.1, 0.15) is 5.75 Å². The molecule has 0 radical (unpaired) electrons. The Morgan fingerprint density at radius 1 is 1.20 bits per heavy atom. The van der Waals surface area contributed by atoms with Gasteiger partial charge >= 0.3 is 0 Å². The van der Waals surface area contributed by atoms with E-state index >= 15 is 0 Å². The van der Waals surface area contributed by atoms with E-state index in [1.807, 2.05) is 12.1 Å². The minimum Gasteiger partial charge on any atom is -0.496 e. The van der Waals surface area contributed by atoms with Crippen molar-refractivity contribution in [2.45, 2.75) is 57.0 Å². The second kappa shape index (κ2) is 7.55. The average Bonchev–Trinajstić information content (AvgIpc) is 2.97. The first kappa shape index (κ1) is 18.5. The van der Waals surface area contributed by atoms with Crippen LogP contribution in [0.5, 0.6) is 5.75 Å².